The van der Waals surface area contributed by atoms with E-state index in [2.05, 4.69) is 22.2 Å². The standard InChI is InChI=1S/C16H15F3N4O4/c1-2-7-27-9-12(15(25)26)20-14(24)11-8-23(22-21-11)13-6-4-3-5-10(13)16(17,18)19/h2-6,8,12H,1,7,9H2,(H,20,24)(H,25,26). The molecule has 144 valence electrons. The molecule has 2 aromatic rings. The predicted octanol–water partition coefficient (Wildman–Crippen LogP) is 1.67. The minimum Gasteiger partial charge on any atom is -0.480 e. The van der Waals surface area contributed by atoms with Crippen molar-refractivity contribution in [1.82, 2.24) is 20.3 Å². The van der Waals surface area contributed by atoms with Crippen LogP contribution in [0.1, 0.15) is 16.1 Å². The van der Waals surface area contributed by atoms with Gasteiger partial charge in [0.15, 0.2) is 11.7 Å². The van der Waals surface area contributed by atoms with Gasteiger partial charge in [0.2, 0.25) is 0 Å². The number of nitrogens with one attached hydrogen (secondary N) is 1. The molecule has 0 aliphatic carbocycles. The van der Waals surface area contributed by atoms with Gasteiger partial charge < -0.3 is 15.2 Å². The van der Waals surface area contributed by atoms with Gasteiger partial charge in [-0.3, -0.25) is 4.79 Å². The molecule has 1 heterocycles. The van der Waals surface area contributed by atoms with Gasteiger partial charge in [0, 0.05) is 0 Å². The number of carbonyl (C=O) groups excluding carboxylic acids is 1. The molecule has 1 atom stereocenters. The van der Waals surface area contributed by atoms with Gasteiger partial charge in [-0.2, -0.15) is 13.2 Å². The lowest BCUT2D eigenvalue weighted by Gasteiger charge is -2.13. The van der Waals surface area contributed by atoms with Crippen LogP contribution in [0.25, 0.3) is 5.69 Å². The van der Waals surface area contributed by atoms with Crippen molar-refractivity contribution in [3.63, 3.8) is 0 Å². The molecule has 1 unspecified atom stereocenters. The molecule has 0 fully saturated rings. The maximum atomic E-state index is 13.1. The second kappa shape index (κ2) is 8.45. The first-order valence-corrected chi connectivity index (χ1v) is 7.55. The summed E-state index contributed by atoms with van der Waals surface area (Å²) in [5, 5.41) is 18.3. The van der Waals surface area contributed by atoms with Crippen LogP contribution in [0.15, 0.2) is 43.1 Å². The molecule has 2 N–H and O–H groups in total. The van der Waals surface area contributed by atoms with Gasteiger partial charge in [0.25, 0.3) is 5.91 Å². The van der Waals surface area contributed by atoms with Crippen LogP contribution in [0.2, 0.25) is 0 Å². The van der Waals surface area contributed by atoms with Crippen molar-refractivity contribution in [2.45, 2.75) is 12.2 Å². The smallest absolute Gasteiger partial charge is 0.418 e. The van der Waals surface area contributed by atoms with E-state index >= 15 is 0 Å². The summed E-state index contributed by atoms with van der Waals surface area (Å²) >= 11 is 0. The topological polar surface area (TPSA) is 106 Å². The third-order valence-electron chi connectivity index (χ3n) is 3.31. The zero-order valence-corrected chi connectivity index (χ0v) is 13.8. The Balaban J connectivity index is 2.19. The number of carboxylic acids is 1. The number of amides is 1. The van der Waals surface area contributed by atoms with Crippen molar-refractivity contribution in [3.05, 3.63) is 54.4 Å². The summed E-state index contributed by atoms with van der Waals surface area (Å²) in [6, 6.07) is 3.27. The molecule has 1 amide bonds. The van der Waals surface area contributed by atoms with Crippen LogP contribution in [0, 0.1) is 0 Å². The fourth-order valence-electron chi connectivity index (χ4n) is 2.07. The molecular weight excluding hydrogens is 369 g/mol. The van der Waals surface area contributed by atoms with Gasteiger partial charge in [0.05, 0.1) is 30.7 Å². The zero-order valence-electron chi connectivity index (χ0n) is 13.8. The first kappa shape index (κ1) is 20.1. The lowest BCUT2D eigenvalue weighted by molar-refractivity contribution is -0.141. The number of alkyl halides is 3. The first-order chi connectivity index (χ1) is 12.7. The molecule has 27 heavy (non-hydrogen) atoms. The number of hydrogen-bond acceptors (Lipinski definition) is 5. The molecule has 0 aliphatic heterocycles. The number of rotatable bonds is 8. The molecule has 0 spiro atoms. The minimum atomic E-state index is -4.62. The second-order valence-corrected chi connectivity index (χ2v) is 5.25. The molecule has 0 aliphatic rings. The lowest BCUT2D eigenvalue weighted by atomic mass is 10.1. The quantitative estimate of drug-likeness (QED) is 0.530. The molecule has 0 radical (unpaired) electrons. The van der Waals surface area contributed by atoms with Crippen LogP contribution < -0.4 is 5.32 Å². The monoisotopic (exact) mass is 384 g/mol. The number of carbonyl (C=O) groups is 2. The van der Waals surface area contributed by atoms with Crippen LogP contribution in [-0.4, -0.2) is 51.2 Å². The number of aromatic nitrogens is 3. The Kier molecular flexibility index (Phi) is 6.29. The summed E-state index contributed by atoms with van der Waals surface area (Å²) in [6.45, 7) is 3.17. The Labute approximate surface area is 151 Å². The minimum absolute atomic E-state index is 0.0874. The summed E-state index contributed by atoms with van der Waals surface area (Å²) in [5.41, 5.74) is -1.62. The predicted molar refractivity (Wildman–Crippen MR) is 86.3 cm³/mol. The number of hydrogen-bond donors (Lipinski definition) is 2. The van der Waals surface area contributed by atoms with Crippen molar-refractivity contribution < 1.29 is 32.6 Å². The summed E-state index contributed by atoms with van der Waals surface area (Å²) in [5.74, 6) is -2.26. The highest BCUT2D eigenvalue weighted by molar-refractivity contribution is 5.94. The highest BCUT2D eigenvalue weighted by Gasteiger charge is 2.34. The van der Waals surface area contributed by atoms with E-state index in [1.807, 2.05) is 0 Å². The van der Waals surface area contributed by atoms with Crippen LogP contribution in [0.4, 0.5) is 13.2 Å². The molecule has 2 rings (SSSR count). The van der Waals surface area contributed by atoms with Crippen LogP contribution >= 0.6 is 0 Å². The molecule has 8 nitrogen and oxygen atoms in total. The fraction of sp³-hybridized carbons (Fsp3) is 0.250. The maximum Gasteiger partial charge on any atom is 0.418 e. The second-order valence-electron chi connectivity index (χ2n) is 5.25. The van der Waals surface area contributed by atoms with Crippen molar-refractivity contribution in [1.29, 1.82) is 0 Å². The largest absolute Gasteiger partial charge is 0.480 e. The number of nitrogens with zero attached hydrogens (tertiary/aromatic N) is 3. The van der Waals surface area contributed by atoms with Crippen molar-refractivity contribution in [3.8, 4) is 5.69 Å². The SMILES string of the molecule is C=CCOCC(NC(=O)c1cn(-c2ccccc2C(F)(F)F)nn1)C(=O)O. The van der Waals surface area contributed by atoms with E-state index in [0.717, 1.165) is 16.9 Å². The molecule has 1 aromatic heterocycles. The molecule has 11 heteroatoms. The summed E-state index contributed by atoms with van der Waals surface area (Å²) in [4.78, 5) is 23.3. The normalized spacial score (nSPS) is 12.4. The van der Waals surface area contributed by atoms with Crippen molar-refractivity contribution >= 4 is 11.9 Å². The van der Waals surface area contributed by atoms with Gasteiger partial charge in [-0.1, -0.05) is 23.4 Å². The fourth-order valence-corrected chi connectivity index (χ4v) is 2.07. The average molecular weight is 384 g/mol. The van der Waals surface area contributed by atoms with Gasteiger partial charge in [-0.25, -0.2) is 9.48 Å². The molecule has 0 saturated carbocycles. The number of benzene rings is 1. The zero-order chi connectivity index (χ0) is 20.0. The molecule has 0 bridgehead atoms. The summed E-state index contributed by atoms with van der Waals surface area (Å²) in [7, 11) is 0. The molecule has 0 saturated heterocycles. The Hall–Kier alpha value is -3.21. The summed E-state index contributed by atoms with van der Waals surface area (Å²) < 4.78 is 45.0. The number of halogens is 3. The number of carboxylic acid groups (broad SMARTS) is 1. The van der Waals surface area contributed by atoms with Gasteiger partial charge in [-0.15, -0.1) is 11.7 Å². The molecule has 1 aromatic carbocycles. The molecular formula is C16H15F3N4O4. The van der Waals surface area contributed by atoms with Gasteiger partial charge >= 0.3 is 12.1 Å². The van der Waals surface area contributed by atoms with E-state index in [-0.39, 0.29) is 24.6 Å². The highest BCUT2D eigenvalue weighted by atomic mass is 19.4. The van der Waals surface area contributed by atoms with E-state index in [0.29, 0.717) is 0 Å². The van der Waals surface area contributed by atoms with Crippen LogP contribution in [-0.2, 0) is 15.7 Å². The Morgan fingerprint density at radius 2 is 2.07 bits per heavy atom. The number of aliphatic carboxylic acids is 1. The first-order valence-electron chi connectivity index (χ1n) is 7.55. The van der Waals surface area contributed by atoms with Gasteiger partial charge in [-0.05, 0) is 12.1 Å². The maximum absolute atomic E-state index is 13.1. The van der Waals surface area contributed by atoms with Crippen LogP contribution in [0.3, 0.4) is 0 Å². The van der Waals surface area contributed by atoms with E-state index in [4.69, 9.17) is 9.84 Å². The average Bonchev–Trinajstić information content (AvgIpc) is 3.10. The Morgan fingerprint density at radius 3 is 2.70 bits per heavy atom. The Bertz CT molecular complexity index is 835. The van der Waals surface area contributed by atoms with Crippen LogP contribution in [0.5, 0.6) is 0 Å². The van der Waals surface area contributed by atoms with E-state index in [1.54, 1.807) is 0 Å². The van der Waals surface area contributed by atoms with E-state index < -0.39 is 29.7 Å². The van der Waals surface area contributed by atoms with Crippen molar-refractivity contribution in [2.24, 2.45) is 0 Å². The van der Waals surface area contributed by atoms with Gasteiger partial charge in [0.1, 0.15) is 0 Å². The third kappa shape index (κ3) is 5.14. The highest BCUT2D eigenvalue weighted by Crippen LogP contribution is 2.33. The van der Waals surface area contributed by atoms with Crippen molar-refractivity contribution in [2.75, 3.05) is 13.2 Å². The number of para-hydroxylation sites is 1. The third-order valence-corrected chi connectivity index (χ3v) is 3.31. The Morgan fingerprint density at radius 1 is 1.37 bits per heavy atom. The number of ether oxygens (including phenoxy) is 1. The lowest BCUT2D eigenvalue weighted by Crippen LogP contribution is -2.44. The van der Waals surface area contributed by atoms with E-state index in [9.17, 15) is 22.8 Å². The van der Waals surface area contributed by atoms with E-state index in [1.165, 1.54) is 24.3 Å². The summed E-state index contributed by atoms with van der Waals surface area (Å²) in [6.07, 6.45) is -2.24.